The van der Waals surface area contributed by atoms with Crippen molar-refractivity contribution in [1.82, 2.24) is 29.6 Å². The minimum atomic E-state index is -0.531. The van der Waals surface area contributed by atoms with E-state index in [1.165, 1.54) is 18.6 Å². The summed E-state index contributed by atoms with van der Waals surface area (Å²) < 4.78 is 7.32. The van der Waals surface area contributed by atoms with Crippen molar-refractivity contribution < 1.29 is 14.3 Å². The Bertz CT molecular complexity index is 1230. The first kappa shape index (κ1) is 23.9. The number of aromatic nitrogens is 5. The van der Waals surface area contributed by atoms with Crippen LogP contribution in [0, 0.1) is 0 Å². The summed E-state index contributed by atoms with van der Waals surface area (Å²) in [6, 6.07) is 1.71. The van der Waals surface area contributed by atoms with Gasteiger partial charge in [-0.2, -0.15) is 5.10 Å². The molecule has 0 bridgehead atoms. The first-order valence-electron chi connectivity index (χ1n) is 11.3. The maximum Gasteiger partial charge on any atom is 0.410 e. The second-order valence-electron chi connectivity index (χ2n) is 9.31. The van der Waals surface area contributed by atoms with Gasteiger partial charge >= 0.3 is 6.09 Å². The van der Waals surface area contributed by atoms with E-state index in [1.54, 1.807) is 17.2 Å². The Labute approximate surface area is 202 Å². The number of nitrogens with one attached hydrogen (secondary N) is 1. The maximum atomic E-state index is 12.8. The number of hydrogen-bond acceptors (Lipinski definition) is 9. The van der Waals surface area contributed by atoms with Crippen LogP contribution in [-0.4, -0.2) is 60.3 Å². The maximum absolute atomic E-state index is 12.8. The lowest BCUT2D eigenvalue weighted by Gasteiger charge is -2.33. The predicted octanol–water partition coefficient (Wildman–Crippen LogP) is 2.72. The van der Waals surface area contributed by atoms with Crippen LogP contribution in [0.15, 0.2) is 37.1 Å². The summed E-state index contributed by atoms with van der Waals surface area (Å²) in [6.45, 7) is 6.73. The zero-order valence-corrected chi connectivity index (χ0v) is 19.9. The Morgan fingerprint density at radius 1 is 1.14 bits per heavy atom. The van der Waals surface area contributed by atoms with Crippen molar-refractivity contribution >= 4 is 29.2 Å². The smallest absolute Gasteiger partial charge is 0.410 e. The summed E-state index contributed by atoms with van der Waals surface area (Å²) in [7, 11) is 0. The molecule has 35 heavy (non-hydrogen) atoms. The molecular formula is C23H29N9O3. The molecule has 5 N–H and O–H groups in total. The average Bonchev–Trinajstić information content (AvgIpc) is 3.30. The third kappa shape index (κ3) is 5.65. The lowest BCUT2D eigenvalue weighted by atomic mass is 10.1. The molecule has 0 aliphatic carbocycles. The number of ether oxygens (including phenoxy) is 1. The van der Waals surface area contributed by atoms with E-state index >= 15 is 0 Å². The second kappa shape index (κ2) is 9.57. The van der Waals surface area contributed by atoms with Crippen LogP contribution in [0.3, 0.4) is 0 Å². The molecule has 3 aromatic rings. The van der Waals surface area contributed by atoms with Gasteiger partial charge in [-0.25, -0.2) is 14.8 Å². The number of rotatable bonds is 4. The molecule has 0 aromatic carbocycles. The molecule has 1 saturated heterocycles. The van der Waals surface area contributed by atoms with Crippen LogP contribution in [-0.2, 0) is 4.74 Å². The number of anilines is 3. The van der Waals surface area contributed by atoms with E-state index in [2.05, 4.69) is 25.4 Å². The molecule has 184 valence electrons. The summed E-state index contributed by atoms with van der Waals surface area (Å²) >= 11 is 0. The molecule has 12 nitrogen and oxygen atoms in total. The summed E-state index contributed by atoms with van der Waals surface area (Å²) in [6.07, 6.45) is 9.17. The van der Waals surface area contributed by atoms with Gasteiger partial charge in [0.15, 0.2) is 11.5 Å². The van der Waals surface area contributed by atoms with Crippen molar-refractivity contribution in [3.05, 3.63) is 42.7 Å². The number of carbonyl (C=O) groups excluding carboxylic acids is 2. The van der Waals surface area contributed by atoms with Gasteiger partial charge in [0.1, 0.15) is 5.60 Å². The van der Waals surface area contributed by atoms with Gasteiger partial charge in [0.2, 0.25) is 0 Å². The van der Waals surface area contributed by atoms with Crippen molar-refractivity contribution in [2.24, 2.45) is 0 Å². The molecule has 0 saturated carbocycles. The van der Waals surface area contributed by atoms with E-state index in [0.29, 0.717) is 35.7 Å². The standard InChI is InChI=1S/C23H29N9O3/c1-23(2,3)35-22(34)31-8-5-15(6-9-31)32-13-14(10-28-32)18-12-27-20(25)19(29-18)21(33)30-17-4-7-26-11-16(17)24/h4,7,10-13,15H,5-6,8-9,24H2,1-3H3,(H2,25,27)(H,26,30,33). The fourth-order valence-corrected chi connectivity index (χ4v) is 3.72. The minimum Gasteiger partial charge on any atom is -0.444 e. The van der Waals surface area contributed by atoms with E-state index in [-0.39, 0.29) is 23.6 Å². The van der Waals surface area contributed by atoms with Crippen molar-refractivity contribution in [3.8, 4) is 11.3 Å². The molecule has 12 heteroatoms. The van der Waals surface area contributed by atoms with Crippen LogP contribution < -0.4 is 16.8 Å². The van der Waals surface area contributed by atoms with E-state index in [0.717, 1.165) is 12.8 Å². The largest absolute Gasteiger partial charge is 0.444 e. The average molecular weight is 480 g/mol. The number of pyridine rings is 1. The molecule has 2 amide bonds. The normalized spacial score (nSPS) is 14.5. The highest BCUT2D eigenvalue weighted by molar-refractivity contribution is 6.07. The Hall–Kier alpha value is -4.22. The summed E-state index contributed by atoms with van der Waals surface area (Å²) in [5.41, 5.74) is 13.1. The van der Waals surface area contributed by atoms with Crippen LogP contribution in [0.25, 0.3) is 11.3 Å². The van der Waals surface area contributed by atoms with Crippen LogP contribution in [0.4, 0.5) is 22.0 Å². The molecule has 4 rings (SSSR count). The van der Waals surface area contributed by atoms with Gasteiger partial charge in [0.25, 0.3) is 5.91 Å². The fraction of sp³-hybridized carbons (Fsp3) is 0.391. The predicted molar refractivity (Wildman–Crippen MR) is 130 cm³/mol. The quantitative estimate of drug-likeness (QED) is 0.509. The molecule has 0 atom stereocenters. The van der Waals surface area contributed by atoms with Crippen molar-refractivity contribution in [2.45, 2.75) is 45.3 Å². The molecule has 1 aliphatic heterocycles. The first-order valence-corrected chi connectivity index (χ1v) is 11.3. The molecule has 3 aromatic heterocycles. The highest BCUT2D eigenvalue weighted by atomic mass is 16.6. The van der Waals surface area contributed by atoms with E-state index < -0.39 is 11.5 Å². The zero-order chi connectivity index (χ0) is 25.2. The molecule has 1 aliphatic rings. The molecular weight excluding hydrogens is 450 g/mol. The fourth-order valence-electron chi connectivity index (χ4n) is 3.72. The third-order valence-electron chi connectivity index (χ3n) is 5.50. The monoisotopic (exact) mass is 479 g/mol. The number of piperidine rings is 1. The van der Waals surface area contributed by atoms with E-state index in [9.17, 15) is 9.59 Å². The zero-order valence-electron chi connectivity index (χ0n) is 19.9. The van der Waals surface area contributed by atoms with Crippen LogP contribution in [0.2, 0.25) is 0 Å². The van der Waals surface area contributed by atoms with Gasteiger partial charge in [-0.05, 0) is 39.7 Å². The minimum absolute atomic E-state index is 0.000726. The Morgan fingerprint density at radius 3 is 2.57 bits per heavy atom. The number of carbonyl (C=O) groups is 2. The van der Waals surface area contributed by atoms with Gasteiger partial charge in [0.05, 0.1) is 41.7 Å². The molecule has 0 unspecified atom stereocenters. The number of likely N-dealkylation sites (tertiary alicyclic amines) is 1. The number of nitrogen functional groups attached to an aromatic ring is 2. The van der Waals surface area contributed by atoms with Crippen molar-refractivity contribution in [1.29, 1.82) is 0 Å². The number of hydrogen-bond donors (Lipinski definition) is 3. The Kier molecular flexibility index (Phi) is 6.54. The highest BCUT2D eigenvalue weighted by Crippen LogP contribution is 2.26. The Morgan fingerprint density at radius 2 is 1.89 bits per heavy atom. The van der Waals surface area contributed by atoms with Gasteiger partial charge < -0.3 is 26.4 Å². The molecule has 4 heterocycles. The highest BCUT2D eigenvalue weighted by Gasteiger charge is 2.28. The third-order valence-corrected chi connectivity index (χ3v) is 5.50. The lowest BCUT2D eigenvalue weighted by molar-refractivity contribution is 0.0184. The van der Waals surface area contributed by atoms with Crippen molar-refractivity contribution in [3.63, 3.8) is 0 Å². The van der Waals surface area contributed by atoms with Crippen LogP contribution in [0.5, 0.6) is 0 Å². The number of nitrogens with zero attached hydrogens (tertiary/aromatic N) is 6. The van der Waals surface area contributed by atoms with Gasteiger partial charge in [-0.15, -0.1) is 0 Å². The van der Waals surface area contributed by atoms with Crippen LogP contribution in [0.1, 0.15) is 50.1 Å². The molecule has 1 fully saturated rings. The summed E-state index contributed by atoms with van der Waals surface area (Å²) in [4.78, 5) is 39.2. The number of nitrogens with two attached hydrogens (primary N) is 2. The lowest BCUT2D eigenvalue weighted by Crippen LogP contribution is -2.42. The van der Waals surface area contributed by atoms with E-state index in [1.807, 2.05) is 31.6 Å². The summed E-state index contributed by atoms with van der Waals surface area (Å²) in [5, 5.41) is 7.16. The van der Waals surface area contributed by atoms with Gasteiger partial charge in [-0.1, -0.05) is 0 Å². The summed E-state index contributed by atoms with van der Waals surface area (Å²) in [5.74, 6) is -0.530. The first-order chi connectivity index (χ1) is 16.6. The van der Waals surface area contributed by atoms with Crippen molar-refractivity contribution in [2.75, 3.05) is 29.9 Å². The van der Waals surface area contributed by atoms with E-state index in [4.69, 9.17) is 16.2 Å². The second-order valence-corrected chi connectivity index (χ2v) is 9.31. The Balaban J connectivity index is 1.44. The SMILES string of the molecule is CC(C)(C)OC(=O)N1CCC(n2cc(-c3cnc(N)c(C(=O)Nc4ccncc4N)n3)cn2)CC1. The van der Waals surface area contributed by atoms with Gasteiger partial charge in [-0.3, -0.25) is 14.5 Å². The molecule has 0 radical (unpaired) electrons. The van der Waals surface area contributed by atoms with Crippen LogP contribution >= 0.6 is 0 Å². The molecule has 0 spiro atoms. The topological polar surface area (TPSA) is 167 Å². The van der Waals surface area contributed by atoms with Gasteiger partial charge in [0, 0.05) is 31.0 Å². The number of amides is 2.